The Bertz CT molecular complexity index is 295. The molecule has 0 spiro atoms. The van der Waals surface area contributed by atoms with Gasteiger partial charge >= 0.3 is 5.97 Å². The van der Waals surface area contributed by atoms with E-state index in [1.807, 2.05) is 0 Å². The minimum absolute atomic E-state index is 0.293. The van der Waals surface area contributed by atoms with Gasteiger partial charge in [-0.15, -0.1) is 0 Å². The summed E-state index contributed by atoms with van der Waals surface area (Å²) in [5, 5.41) is 8.66. The molecule has 0 saturated heterocycles. The predicted octanol–water partition coefficient (Wildman–Crippen LogP) is -0.0348. The van der Waals surface area contributed by atoms with Gasteiger partial charge in [0.1, 0.15) is 6.54 Å². The van der Waals surface area contributed by atoms with E-state index in [1.54, 1.807) is 0 Å². The molecule has 1 aliphatic carbocycles. The number of carbonyl (C=O) groups is 3. The van der Waals surface area contributed by atoms with E-state index < -0.39 is 18.4 Å². The summed E-state index contributed by atoms with van der Waals surface area (Å²) in [5.41, 5.74) is 4.99. The average Bonchev–Trinajstić information content (AvgIpc) is 2.67. The van der Waals surface area contributed by atoms with Gasteiger partial charge in [0.2, 0.25) is 11.8 Å². The summed E-state index contributed by atoms with van der Waals surface area (Å²) < 4.78 is 0. The van der Waals surface area contributed by atoms with Crippen molar-refractivity contribution in [2.45, 2.75) is 32.1 Å². The molecule has 17 heavy (non-hydrogen) atoms. The van der Waals surface area contributed by atoms with Crippen molar-refractivity contribution >= 4 is 17.8 Å². The molecule has 0 radical (unpaired) electrons. The number of nitrogens with two attached hydrogens (primary N) is 1. The second-order valence-electron chi connectivity index (χ2n) is 4.46. The van der Waals surface area contributed by atoms with Gasteiger partial charge in [0.25, 0.3) is 0 Å². The number of carbonyl (C=O) groups excluding carboxylic acids is 2. The van der Waals surface area contributed by atoms with E-state index in [4.69, 9.17) is 10.8 Å². The van der Waals surface area contributed by atoms with Crippen LogP contribution in [0.4, 0.5) is 0 Å². The molecule has 0 heterocycles. The van der Waals surface area contributed by atoms with Gasteiger partial charge in [-0.1, -0.05) is 12.8 Å². The standard InChI is InChI=1S/C11H18N2O4/c12-9(14)6-13(7-11(16)17)10(15)5-8-3-1-2-4-8/h8H,1-7H2,(H2,12,14)(H,16,17). The second-order valence-corrected chi connectivity index (χ2v) is 4.46. The molecule has 2 amide bonds. The number of nitrogens with zero attached hydrogens (tertiary/aromatic N) is 1. The molecule has 0 atom stereocenters. The van der Waals surface area contributed by atoms with Crippen LogP contribution in [0.2, 0.25) is 0 Å². The lowest BCUT2D eigenvalue weighted by molar-refractivity contribution is -0.146. The first-order chi connectivity index (χ1) is 7.99. The van der Waals surface area contributed by atoms with Crippen molar-refractivity contribution in [3.63, 3.8) is 0 Å². The third-order valence-corrected chi connectivity index (χ3v) is 2.96. The zero-order valence-corrected chi connectivity index (χ0v) is 9.72. The first kappa shape index (κ1) is 13.5. The maximum atomic E-state index is 11.8. The summed E-state index contributed by atoms with van der Waals surface area (Å²) in [6, 6.07) is 0. The quantitative estimate of drug-likeness (QED) is 0.682. The van der Waals surface area contributed by atoms with E-state index in [0.717, 1.165) is 30.6 Å². The number of hydrogen-bond donors (Lipinski definition) is 2. The highest BCUT2D eigenvalue weighted by Gasteiger charge is 2.24. The van der Waals surface area contributed by atoms with Crippen LogP contribution in [0.25, 0.3) is 0 Å². The lowest BCUT2D eigenvalue weighted by Crippen LogP contribution is -2.42. The number of amides is 2. The van der Waals surface area contributed by atoms with Gasteiger partial charge in [-0.2, -0.15) is 0 Å². The van der Waals surface area contributed by atoms with Crippen molar-refractivity contribution in [2.24, 2.45) is 11.7 Å². The summed E-state index contributed by atoms with van der Waals surface area (Å²) in [6.45, 7) is -0.785. The Morgan fingerprint density at radius 1 is 1.18 bits per heavy atom. The SMILES string of the molecule is NC(=O)CN(CC(=O)O)C(=O)CC1CCCC1. The van der Waals surface area contributed by atoms with Gasteiger partial charge in [0.05, 0.1) is 6.54 Å². The lowest BCUT2D eigenvalue weighted by Gasteiger charge is -2.20. The lowest BCUT2D eigenvalue weighted by atomic mass is 10.0. The van der Waals surface area contributed by atoms with E-state index in [1.165, 1.54) is 0 Å². The van der Waals surface area contributed by atoms with Crippen molar-refractivity contribution in [1.82, 2.24) is 4.90 Å². The second kappa shape index (κ2) is 6.22. The van der Waals surface area contributed by atoms with Gasteiger partial charge in [-0.25, -0.2) is 0 Å². The number of carboxylic acid groups (broad SMARTS) is 1. The van der Waals surface area contributed by atoms with Crippen molar-refractivity contribution in [3.05, 3.63) is 0 Å². The molecule has 6 heteroatoms. The summed E-state index contributed by atoms with van der Waals surface area (Å²) in [7, 11) is 0. The van der Waals surface area contributed by atoms with Crippen LogP contribution in [0, 0.1) is 5.92 Å². The molecule has 1 fully saturated rings. The molecule has 6 nitrogen and oxygen atoms in total. The molecule has 1 rings (SSSR count). The van der Waals surface area contributed by atoms with Crippen LogP contribution in [-0.2, 0) is 14.4 Å². The monoisotopic (exact) mass is 242 g/mol. The molecule has 0 aromatic carbocycles. The van der Waals surface area contributed by atoms with Crippen LogP contribution in [0.15, 0.2) is 0 Å². The van der Waals surface area contributed by atoms with E-state index in [0.29, 0.717) is 12.3 Å². The first-order valence-corrected chi connectivity index (χ1v) is 5.77. The summed E-state index contributed by atoms with van der Waals surface area (Å²) in [4.78, 5) is 34.2. The maximum absolute atomic E-state index is 11.8. The fourth-order valence-corrected chi connectivity index (χ4v) is 2.17. The Kier molecular flexibility index (Phi) is 4.93. The minimum atomic E-state index is -1.13. The molecule has 1 saturated carbocycles. The van der Waals surface area contributed by atoms with Crippen LogP contribution in [0.1, 0.15) is 32.1 Å². The number of hydrogen-bond acceptors (Lipinski definition) is 3. The molecule has 3 N–H and O–H groups in total. The predicted molar refractivity (Wildman–Crippen MR) is 60.0 cm³/mol. The highest BCUT2D eigenvalue weighted by atomic mass is 16.4. The van der Waals surface area contributed by atoms with E-state index in [2.05, 4.69) is 0 Å². The number of carboxylic acids is 1. The van der Waals surface area contributed by atoms with Crippen LogP contribution in [0.3, 0.4) is 0 Å². The van der Waals surface area contributed by atoms with Crippen LogP contribution in [-0.4, -0.2) is 40.9 Å². The van der Waals surface area contributed by atoms with Gasteiger partial charge in [0, 0.05) is 6.42 Å². The van der Waals surface area contributed by atoms with Gasteiger partial charge in [-0.05, 0) is 18.8 Å². The van der Waals surface area contributed by atoms with Crippen molar-refractivity contribution in [3.8, 4) is 0 Å². The third-order valence-electron chi connectivity index (χ3n) is 2.96. The van der Waals surface area contributed by atoms with E-state index >= 15 is 0 Å². The van der Waals surface area contributed by atoms with Crippen LogP contribution in [0.5, 0.6) is 0 Å². The molecule has 0 aromatic rings. The average molecular weight is 242 g/mol. The smallest absolute Gasteiger partial charge is 0.323 e. The van der Waals surface area contributed by atoms with Crippen LogP contribution < -0.4 is 5.73 Å². The molecule has 1 aliphatic rings. The van der Waals surface area contributed by atoms with E-state index in [-0.39, 0.29) is 12.5 Å². The molecule has 0 aromatic heterocycles. The Morgan fingerprint density at radius 3 is 2.24 bits per heavy atom. The molecule has 0 unspecified atom stereocenters. The first-order valence-electron chi connectivity index (χ1n) is 5.77. The number of rotatable bonds is 6. The Morgan fingerprint density at radius 2 is 1.76 bits per heavy atom. The fraction of sp³-hybridized carbons (Fsp3) is 0.727. The number of primary amides is 1. The van der Waals surface area contributed by atoms with Crippen molar-refractivity contribution in [1.29, 1.82) is 0 Å². The Labute approximate surface area is 99.8 Å². The molecule has 0 bridgehead atoms. The Hall–Kier alpha value is -1.59. The topological polar surface area (TPSA) is 101 Å². The highest BCUT2D eigenvalue weighted by molar-refractivity contribution is 5.86. The zero-order valence-electron chi connectivity index (χ0n) is 9.72. The van der Waals surface area contributed by atoms with Crippen molar-refractivity contribution in [2.75, 3.05) is 13.1 Å². The highest BCUT2D eigenvalue weighted by Crippen LogP contribution is 2.27. The molecule has 96 valence electrons. The summed E-state index contributed by atoms with van der Waals surface area (Å²) >= 11 is 0. The largest absolute Gasteiger partial charge is 0.480 e. The van der Waals surface area contributed by atoms with Gasteiger partial charge < -0.3 is 15.7 Å². The third kappa shape index (κ3) is 4.84. The van der Waals surface area contributed by atoms with E-state index in [9.17, 15) is 14.4 Å². The summed E-state index contributed by atoms with van der Waals surface area (Å²) in [5.74, 6) is -1.79. The summed E-state index contributed by atoms with van der Waals surface area (Å²) in [6.07, 6.45) is 4.56. The van der Waals surface area contributed by atoms with Gasteiger partial charge in [0.15, 0.2) is 0 Å². The minimum Gasteiger partial charge on any atom is -0.480 e. The normalized spacial score (nSPS) is 15.8. The number of aliphatic carboxylic acids is 1. The molecular formula is C11H18N2O4. The maximum Gasteiger partial charge on any atom is 0.323 e. The zero-order chi connectivity index (χ0) is 12.8. The molecular weight excluding hydrogens is 224 g/mol. The Balaban J connectivity index is 2.51. The molecule has 0 aliphatic heterocycles. The van der Waals surface area contributed by atoms with Crippen LogP contribution >= 0.6 is 0 Å². The fourth-order valence-electron chi connectivity index (χ4n) is 2.17. The van der Waals surface area contributed by atoms with Gasteiger partial charge in [-0.3, -0.25) is 14.4 Å². The van der Waals surface area contributed by atoms with Crippen molar-refractivity contribution < 1.29 is 19.5 Å².